The lowest BCUT2D eigenvalue weighted by Gasteiger charge is -2.06. The van der Waals surface area contributed by atoms with E-state index in [0.29, 0.717) is 17.1 Å². The Morgan fingerprint density at radius 1 is 1.50 bits per heavy atom. The van der Waals surface area contributed by atoms with Gasteiger partial charge in [-0.2, -0.15) is 5.10 Å². The molecule has 0 aliphatic heterocycles. The fourth-order valence-electron chi connectivity index (χ4n) is 1.33. The predicted molar refractivity (Wildman–Crippen MR) is 61.6 cm³/mol. The Morgan fingerprint density at radius 3 is 2.88 bits per heavy atom. The summed E-state index contributed by atoms with van der Waals surface area (Å²) in [6.07, 6.45) is 3.09. The van der Waals surface area contributed by atoms with Gasteiger partial charge in [0, 0.05) is 10.6 Å². The van der Waals surface area contributed by atoms with E-state index < -0.39 is 0 Å². The molecule has 2 rings (SSSR count). The van der Waals surface area contributed by atoms with Crippen molar-refractivity contribution in [2.45, 2.75) is 6.54 Å². The van der Waals surface area contributed by atoms with Gasteiger partial charge in [-0.1, -0.05) is 23.7 Å². The second-order valence-electron chi connectivity index (χ2n) is 3.31. The molecule has 5 nitrogen and oxygen atoms in total. The zero-order valence-electron chi connectivity index (χ0n) is 8.39. The maximum Gasteiger partial charge on any atom is 0.137 e. The number of nitrogen functional groups attached to an aromatic ring is 1. The van der Waals surface area contributed by atoms with Crippen LogP contribution < -0.4 is 5.73 Å². The van der Waals surface area contributed by atoms with Crippen LogP contribution in [-0.4, -0.2) is 20.6 Å². The van der Waals surface area contributed by atoms with Gasteiger partial charge in [0.05, 0.1) is 6.54 Å². The molecule has 0 aliphatic rings. The van der Waals surface area contributed by atoms with Crippen molar-refractivity contribution in [2.24, 2.45) is 5.73 Å². The Bertz CT molecular complexity index is 506. The van der Waals surface area contributed by atoms with Gasteiger partial charge in [0.2, 0.25) is 0 Å². The number of halogens is 1. The van der Waals surface area contributed by atoms with E-state index in [4.69, 9.17) is 22.7 Å². The van der Waals surface area contributed by atoms with Gasteiger partial charge in [0.25, 0.3) is 0 Å². The van der Waals surface area contributed by atoms with E-state index in [2.05, 4.69) is 10.1 Å². The molecule has 2 aromatic rings. The molecule has 0 unspecified atom stereocenters. The van der Waals surface area contributed by atoms with Crippen molar-refractivity contribution in [2.75, 3.05) is 0 Å². The number of aromatic nitrogens is 3. The minimum absolute atomic E-state index is 0.00852. The molecule has 0 atom stereocenters. The summed E-state index contributed by atoms with van der Waals surface area (Å²) in [4.78, 5) is 3.85. The van der Waals surface area contributed by atoms with Gasteiger partial charge < -0.3 is 5.73 Å². The highest BCUT2D eigenvalue weighted by molar-refractivity contribution is 6.31. The van der Waals surface area contributed by atoms with Crippen LogP contribution in [0.5, 0.6) is 0 Å². The van der Waals surface area contributed by atoms with Crippen molar-refractivity contribution in [3.8, 4) is 0 Å². The van der Waals surface area contributed by atoms with Crippen LogP contribution >= 0.6 is 11.6 Å². The van der Waals surface area contributed by atoms with Crippen molar-refractivity contribution < 1.29 is 0 Å². The molecule has 3 N–H and O–H groups in total. The predicted octanol–water partition coefficient (Wildman–Crippen LogP) is 1.26. The zero-order valence-corrected chi connectivity index (χ0v) is 9.15. The SMILES string of the molecule is N=C(N)c1ccc(Cn2cncn2)c(Cl)c1. The lowest BCUT2D eigenvalue weighted by Crippen LogP contribution is -2.11. The first-order chi connectivity index (χ1) is 7.66. The van der Waals surface area contributed by atoms with Gasteiger partial charge in [-0.25, -0.2) is 9.67 Å². The molecular weight excluding hydrogens is 226 g/mol. The molecular formula is C10H10ClN5. The molecule has 0 saturated heterocycles. The first kappa shape index (κ1) is 10.6. The Hall–Kier alpha value is -1.88. The minimum atomic E-state index is 0.00852. The van der Waals surface area contributed by atoms with Crippen molar-refractivity contribution in [1.29, 1.82) is 5.41 Å². The molecule has 82 valence electrons. The topological polar surface area (TPSA) is 80.6 Å². The molecule has 0 spiro atoms. The molecule has 1 aromatic carbocycles. The number of benzene rings is 1. The summed E-state index contributed by atoms with van der Waals surface area (Å²) < 4.78 is 1.68. The monoisotopic (exact) mass is 235 g/mol. The molecule has 0 bridgehead atoms. The van der Waals surface area contributed by atoms with E-state index in [0.717, 1.165) is 5.56 Å². The van der Waals surface area contributed by atoms with Gasteiger partial charge in [-0.15, -0.1) is 0 Å². The highest BCUT2D eigenvalue weighted by Gasteiger charge is 2.04. The van der Waals surface area contributed by atoms with Crippen LogP contribution in [0.25, 0.3) is 0 Å². The highest BCUT2D eigenvalue weighted by atomic mass is 35.5. The van der Waals surface area contributed by atoms with Gasteiger partial charge in [-0.3, -0.25) is 5.41 Å². The summed E-state index contributed by atoms with van der Waals surface area (Å²) in [6.45, 7) is 0.553. The standard InChI is InChI=1S/C10H10ClN5/c11-9-3-7(10(12)13)1-2-8(9)4-16-6-14-5-15-16/h1-3,5-6H,4H2,(H3,12,13). The van der Waals surface area contributed by atoms with Crippen LogP contribution in [0, 0.1) is 5.41 Å². The fourth-order valence-corrected chi connectivity index (χ4v) is 1.57. The number of nitrogens with zero attached hydrogens (tertiary/aromatic N) is 3. The number of hydrogen-bond acceptors (Lipinski definition) is 3. The summed E-state index contributed by atoms with van der Waals surface area (Å²) in [5, 5.41) is 11.9. The van der Waals surface area contributed by atoms with Crippen LogP contribution in [0.1, 0.15) is 11.1 Å². The van der Waals surface area contributed by atoms with Gasteiger partial charge in [0.1, 0.15) is 18.5 Å². The number of nitrogens with one attached hydrogen (secondary N) is 1. The van der Waals surface area contributed by atoms with Crippen LogP contribution in [-0.2, 0) is 6.54 Å². The molecule has 0 radical (unpaired) electrons. The van der Waals surface area contributed by atoms with Crippen molar-refractivity contribution >= 4 is 17.4 Å². The second kappa shape index (κ2) is 4.32. The molecule has 16 heavy (non-hydrogen) atoms. The van der Waals surface area contributed by atoms with E-state index in [9.17, 15) is 0 Å². The van der Waals surface area contributed by atoms with E-state index in [1.807, 2.05) is 6.07 Å². The maximum absolute atomic E-state index is 7.29. The molecule has 0 amide bonds. The Labute approximate surface area is 97.4 Å². The van der Waals surface area contributed by atoms with Crippen LogP contribution in [0.3, 0.4) is 0 Å². The lowest BCUT2D eigenvalue weighted by molar-refractivity contribution is 0.685. The normalized spacial score (nSPS) is 10.3. The lowest BCUT2D eigenvalue weighted by atomic mass is 10.1. The third-order valence-electron chi connectivity index (χ3n) is 2.16. The third kappa shape index (κ3) is 2.20. The minimum Gasteiger partial charge on any atom is -0.384 e. The smallest absolute Gasteiger partial charge is 0.137 e. The number of nitrogens with two attached hydrogens (primary N) is 1. The average Bonchev–Trinajstić information content (AvgIpc) is 2.73. The number of amidine groups is 1. The second-order valence-corrected chi connectivity index (χ2v) is 3.72. The number of rotatable bonds is 3. The molecule has 1 heterocycles. The molecule has 0 fully saturated rings. The van der Waals surface area contributed by atoms with Crippen LogP contribution in [0.4, 0.5) is 0 Å². The molecule has 1 aromatic heterocycles. The quantitative estimate of drug-likeness (QED) is 0.621. The Kier molecular flexibility index (Phi) is 2.87. The van der Waals surface area contributed by atoms with Crippen molar-refractivity contribution in [1.82, 2.24) is 14.8 Å². The average molecular weight is 236 g/mol. The summed E-state index contributed by atoms with van der Waals surface area (Å²) >= 11 is 6.08. The van der Waals surface area contributed by atoms with E-state index in [-0.39, 0.29) is 5.84 Å². The Morgan fingerprint density at radius 2 is 2.31 bits per heavy atom. The van der Waals surface area contributed by atoms with Crippen molar-refractivity contribution in [3.05, 3.63) is 47.0 Å². The van der Waals surface area contributed by atoms with E-state index >= 15 is 0 Å². The highest BCUT2D eigenvalue weighted by Crippen LogP contribution is 2.18. The fraction of sp³-hybridized carbons (Fsp3) is 0.100. The first-order valence-electron chi connectivity index (χ1n) is 4.62. The first-order valence-corrected chi connectivity index (χ1v) is 5.00. The number of hydrogen-bond donors (Lipinski definition) is 2. The van der Waals surface area contributed by atoms with E-state index in [1.165, 1.54) is 6.33 Å². The summed E-state index contributed by atoms with van der Waals surface area (Å²) in [7, 11) is 0. The largest absolute Gasteiger partial charge is 0.384 e. The van der Waals surface area contributed by atoms with E-state index in [1.54, 1.807) is 23.1 Å². The molecule has 0 aliphatic carbocycles. The van der Waals surface area contributed by atoms with Gasteiger partial charge in [-0.05, 0) is 11.6 Å². The third-order valence-corrected chi connectivity index (χ3v) is 2.51. The Balaban J connectivity index is 2.26. The zero-order chi connectivity index (χ0) is 11.5. The van der Waals surface area contributed by atoms with Gasteiger partial charge >= 0.3 is 0 Å². The summed E-state index contributed by atoms with van der Waals surface area (Å²) in [5.74, 6) is 0.00852. The van der Waals surface area contributed by atoms with Crippen LogP contribution in [0.15, 0.2) is 30.9 Å². The van der Waals surface area contributed by atoms with Crippen LogP contribution in [0.2, 0.25) is 5.02 Å². The summed E-state index contributed by atoms with van der Waals surface area (Å²) in [5.41, 5.74) is 6.90. The molecule has 0 saturated carbocycles. The molecule has 6 heteroatoms. The maximum atomic E-state index is 7.29. The van der Waals surface area contributed by atoms with Crippen molar-refractivity contribution in [3.63, 3.8) is 0 Å². The van der Waals surface area contributed by atoms with Gasteiger partial charge in [0.15, 0.2) is 0 Å². The summed E-state index contributed by atoms with van der Waals surface area (Å²) in [6, 6.07) is 5.28.